The number of ether oxygens (including phenoxy) is 3. The van der Waals surface area contributed by atoms with Gasteiger partial charge in [0.25, 0.3) is 0 Å². The van der Waals surface area contributed by atoms with Gasteiger partial charge >= 0.3 is 6.03 Å². The van der Waals surface area contributed by atoms with Crippen LogP contribution < -0.4 is 14.8 Å². The molecule has 0 bridgehead atoms. The molecule has 6 rings (SSSR count). The summed E-state index contributed by atoms with van der Waals surface area (Å²) in [6.45, 7) is 3.08. The summed E-state index contributed by atoms with van der Waals surface area (Å²) in [6, 6.07) is 15.3. The van der Waals surface area contributed by atoms with Crippen LogP contribution in [0.2, 0.25) is 0 Å². The van der Waals surface area contributed by atoms with Crippen molar-refractivity contribution in [3.63, 3.8) is 0 Å². The Morgan fingerprint density at radius 1 is 1.03 bits per heavy atom. The lowest BCUT2D eigenvalue weighted by atomic mass is 9.78. The molecule has 1 aromatic heterocycles. The van der Waals surface area contributed by atoms with Crippen LogP contribution in [0.1, 0.15) is 31.6 Å². The van der Waals surface area contributed by atoms with Gasteiger partial charge in [0.15, 0.2) is 11.5 Å². The molecule has 4 heterocycles. The van der Waals surface area contributed by atoms with E-state index in [-0.39, 0.29) is 11.6 Å². The van der Waals surface area contributed by atoms with Gasteiger partial charge in [0, 0.05) is 43.4 Å². The predicted molar refractivity (Wildman–Crippen MR) is 132 cm³/mol. The van der Waals surface area contributed by atoms with Gasteiger partial charge in [-0.25, -0.2) is 4.79 Å². The van der Waals surface area contributed by atoms with Gasteiger partial charge in [-0.15, -0.1) is 0 Å². The molecule has 3 aliphatic heterocycles. The molecule has 188 valence electrons. The molecule has 3 aromatic rings. The molecule has 1 atom stereocenters. The second-order valence-corrected chi connectivity index (χ2v) is 9.75. The highest BCUT2D eigenvalue weighted by Gasteiger charge is 2.41. The molecule has 2 aromatic carbocycles. The van der Waals surface area contributed by atoms with Gasteiger partial charge < -0.3 is 29.0 Å². The molecule has 2 fully saturated rings. The topological polar surface area (TPSA) is 99.0 Å². The maximum Gasteiger partial charge on any atom is 0.321 e. The number of piperidine rings is 1. The number of urea groups is 1. The van der Waals surface area contributed by atoms with Gasteiger partial charge in [-0.2, -0.15) is 4.98 Å². The van der Waals surface area contributed by atoms with Gasteiger partial charge in [0.05, 0.1) is 5.60 Å². The van der Waals surface area contributed by atoms with Crippen LogP contribution in [0.25, 0.3) is 11.4 Å². The molecule has 1 N–H and O–H groups in total. The lowest BCUT2D eigenvalue weighted by Gasteiger charge is -2.46. The maximum absolute atomic E-state index is 12.9. The Morgan fingerprint density at radius 3 is 2.67 bits per heavy atom. The second kappa shape index (κ2) is 9.81. The molecule has 1 unspecified atom stereocenters. The molecule has 9 nitrogen and oxygen atoms in total. The summed E-state index contributed by atoms with van der Waals surface area (Å²) in [4.78, 5) is 19.4. The van der Waals surface area contributed by atoms with Crippen molar-refractivity contribution in [3.8, 4) is 22.9 Å². The average Bonchev–Trinajstić information content (AvgIpc) is 3.38. The van der Waals surface area contributed by atoms with E-state index in [1.807, 2.05) is 53.4 Å². The number of anilines is 1. The third-order valence-corrected chi connectivity index (χ3v) is 7.31. The third kappa shape index (κ3) is 4.88. The van der Waals surface area contributed by atoms with Gasteiger partial charge in [0.1, 0.15) is 13.2 Å². The average molecular weight is 491 g/mol. The van der Waals surface area contributed by atoms with Gasteiger partial charge in [-0.05, 0) is 43.7 Å². The summed E-state index contributed by atoms with van der Waals surface area (Å²) < 4.78 is 23.0. The fourth-order valence-electron chi connectivity index (χ4n) is 5.38. The fourth-order valence-corrected chi connectivity index (χ4v) is 5.38. The van der Waals surface area contributed by atoms with Crippen LogP contribution >= 0.6 is 0 Å². The van der Waals surface area contributed by atoms with Crippen LogP contribution in [-0.2, 0) is 11.2 Å². The minimum atomic E-state index is -0.195. The number of likely N-dealkylation sites (tertiary alicyclic amines) is 1. The Bertz CT molecular complexity index is 1210. The van der Waals surface area contributed by atoms with Crippen LogP contribution in [-0.4, -0.2) is 59.6 Å². The molecule has 0 aliphatic carbocycles. The van der Waals surface area contributed by atoms with Crippen molar-refractivity contribution in [1.29, 1.82) is 0 Å². The number of hydrogen-bond donors (Lipinski definition) is 1. The van der Waals surface area contributed by atoms with E-state index in [0.717, 1.165) is 37.7 Å². The lowest BCUT2D eigenvalue weighted by Crippen LogP contribution is -2.51. The summed E-state index contributed by atoms with van der Waals surface area (Å²) in [5.41, 5.74) is 1.46. The number of nitrogens with one attached hydrogen (secondary N) is 1. The standard InChI is InChI=1S/C27H30N4O5/c32-26(28-21-6-7-22-23(17-21)34-15-14-33-22)31-11-9-27(10-12-31)18-19(8-13-35-27)16-24-29-25(30-36-24)20-4-2-1-3-5-20/h1-7,17,19H,8-16,18H2,(H,28,32). The Hall–Kier alpha value is -3.59. The van der Waals surface area contributed by atoms with Gasteiger partial charge in [0.2, 0.25) is 11.7 Å². The SMILES string of the molecule is O=C(Nc1ccc2c(c1)OCCO2)N1CCC2(CC1)CC(Cc1nc(-c3ccccc3)no1)CCO2. The molecular formula is C27H30N4O5. The number of rotatable bonds is 4. The van der Waals surface area contributed by atoms with Crippen molar-refractivity contribution in [2.24, 2.45) is 5.92 Å². The Morgan fingerprint density at radius 2 is 1.83 bits per heavy atom. The second-order valence-electron chi connectivity index (χ2n) is 9.75. The van der Waals surface area contributed by atoms with Crippen molar-refractivity contribution >= 4 is 11.7 Å². The Labute approximate surface area is 209 Å². The normalized spacial score (nSPS) is 20.8. The third-order valence-electron chi connectivity index (χ3n) is 7.31. The van der Waals surface area contributed by atoms with E-state index < -0.39 is 0 Å². The van der Waals surface area contributed by atoms with Crippen molar-refractivity contribution in [1.82, 2.24) is 15.0 Å². The zero-order valence-electron chi connectivity index (χ0n) is 20.2. The first-order valence-electron chi connectivity index (χ1n) is 12.6. The van der Waals surface area contributed by atoms with Crippen LogP contribution in [0.5, 0.6) is 11.5 Å². The molecule has 0 saturated carbocycles. The molecule has 36 heavy (non-hydrogen) atoms. The van der Waals surface area contributed by atoms with Crippen molar-refractivity contribution in [2.45, 2.75) is 37.7 Å². The van der Waals surface area contributed by atoms with Crippen molar-refractivity contribution in [2.75, 3.05) is 38.2 Å². The highest BCUT2D eigenvalue weighted by Crippen LogP contribution is 2.39. The smallest absolute Gasteiger partial charge is 0.321 e. The van der Waals surface area contributed by atoms with Crippen molar-refractivity contribution < 1.29 is 23.5 Å². The van der Waals surface area contributed by atoms with E-state index in [9.17, 15) is 4.79 Å². The number of benzene rings is 2. The highest BCUT2D eigenvalue weighted by atomic mass is 16.6. The van der Waals surface area contributed by atoms with E-state index >= 15 is 0 Å². The van der Waals surface area contributed by atoms with Crippen LogP contribution in [0.3, 0.4) is 0 Å². The first-order valence-corrected chi connectivity index (χ1v) is 12.6. The van der Waals surface area contributed by atoms with Crippen LogP contribution in [0.15, 0.2) is 53.1 Å². The molecule has 0 radical (unpaired) electrons. The fraction of sp³-hybridized carbons (Fsp3) is 0.444. The number of carbonyl (C=O) groups excluding carboxylic acids is 1. The van der Waals surface area contributed by atoms with E-state index in [1.165, 1.54) is 0 Å². The molecule has 2 amide bonds. The van der Waals surface area contributed by atoms with Crippen LogP contribution in [0, 0.1) is 5.92 Å². The molecule has 3 aliphatic rings. The molecule has 1 spiro atoms. The molecular weight excluding hydrogens is 460 g/mol. The summed E-state index contributed by atoms with van der Waals surface area (Å²) in [7, 11) is 0. The van der Waals surface area contributed by atoms with E-state index in [2.05, 4.69) is 15.5 Å². The summed E-state index contributed by atoms with van der Waals surface area (Å²) >= 11 is 0. The number of hydrogen-bond acceptors (Lipinski definition) is 7. The number of fused-ring (bicyclic) bond motifs is 1. The minimum absolute atomic E-state index is 0.104. The Kier molecular flexibility index (Phi) is 6.23. The Balaban J connectivity index is 1.03. The molecule has 9 heteroatoms. The monoisotopic (exact) mass is 490 g/mol. The van der Waals surface area contributed by atoms with Crippen molar-refractivity contribution in [3.05, 3.63) is 54.4 Å². The number of aromatic nitrogens is 2. The summed E-state index contributed by atoms with van der Waals surface area (Å²) in [5, 5.41) is 7.15. The number of nitrogens with zero attached hydrogens (tertiary/aromatic N) is 3. The number of amides is 2. The lowest BCUT2D eigenvalue weighted by molar-refractivity contribution is -0.123. The quantitative estimate of drug-likeness (QED) is 0.573. The first kappa shape index (κ1) is 22.8. The number of carbonyl (C=O) groups is 1. The van der Waals surface area contributed by atoms with E-state index in [0.29, 0.717) is 67.7 Å². The van der Waals surface area contributed by atoms with E-state index in [1.54, 1.807) is 0 Å². The zero-order chi connectivity index (χ0) is 24.4. The highest BCUT2D eigenvalue weighted by molar-refractivity contribution is 5.89. The maximum atomic E-state index is 12.9. The largest absolute Gasteiger partial charge is 0.486 e. The zero-order valence-corrected chi connectivity index (χ0v) is 20.2. The predicted octanol–water partition coefficient (Wildman–Crippen LogP) is 4.54. The van der Waals surface area contributed by atoms with Crippen LogP contribution in [0.4, 0.5) is 10.5 Å². The van der Waals surface area contributed by atoms with Gasteiger partial charge in [-0.3, -0.25) is 0 Å². The van der Waals surface area contributed by atoms with E-state index in [4.69, 9.17) is 18.7 Å². The minimum Gasteiger partial charge on any atom is -0.486 e. The van der Waals surface area contributed by atoms with Gasteiger partial charge in [-0.1, -0.05) is 35.5 Å². The molecule has 2 saturated heterocycles. The summed E-state index contributed by atoms with van der Waals surface area (Å²) in [6.07, 6.45) is 4.29. The first-order chi connectivity index (χ1) is 17.7. The summed E-state index contributed by atoms with van der Waals surface area (Å²) in [5.74, 6) is 3.09.